The van der Waals surface area contributed by atoms with E-state index in [1.54, 1.807) is 0 Å². The van der Waals surface area contributed by atoms with Crippen LogP contribution in [0.25, 0.3) is 0 Å². The molecule has 4 nitrogen and oxygen atoms in total. The number of rotatable bonds is 5. The Kier molecular flexibility index (Phi) is 6.99. The Morgan fingerprint density at radius 3 is 2.32 bits per heavy atom. The SMILES string of the molecule is C[C@]12CC[C@H]3[C@@H](CC=C4C=C(OC(=O)C(F)(F)C(F)(F)C(F)(F)F)CC[C@@]43C)[C@@H]1CC[C@@H]2OC(=O)CCl. The molecule has 0 amide bonds. The number of carbonyl (C=O) groups excluding carboxylic acids is 2. The summed E-state index contributed by atoms with van der Waals surface area (Å²) in [6, 6.07) is 0. The number of fused-ring (bicyclic) bond motifs is 5. The second-order valence-electron chi connectivity index (χ2n) is 11.1. The average Bonchev–Trinajstić information content (AvgIpc) is 3.14. The largest absolute Gasteiger partial charge is 0.461 e. The van der Waals surface area contributed by atoms with Gasteiger partial charge in [-0.15, -0.1) is 11.6 Å². The number of allylic oxidation sites excluding steroid dienone is 4. The molecule has 4 rings (SSSR count). The number of hydrogen-bond acceptors (Lipinski definition) is 4. The van der Waals surface area contributed by atoms with E-state index in [9.17, 15) is 40.3 Å². The molecule has 0 aromatic carbocycles. The van der Waals surface area contributed by atoms with Gasteiger partial charge in [-0.1, -0.05) is 19.9 Å². The lowest BCUT2D eigenvalue weighted by molar-refractivity contribution is -0.347. The minimum absolute atomic E-state index is 0.0611. The smallest absolute Gasteiger partial charge is 0.460 e. The molecule has 0 unspecified atom stereocenters. The summed E-state index contributed by atoms with van der Waals surface area (Å²) in [5.74, 6) is -15.9. The fraction of sp³-hybridized carbons (Fsp3) is 0.760. The second kappa shape index (κ2) is 9.16. The molecular weight excluding hydrogens is 533 g/mol. The molecular formula is C25H28ClF7O4. The number of carbonyl (C=O) groups is 2. The quantitative estimate of drug-likeness (QED) is 0.207. The molecule has 12 heteroatoms. The molecule has 0 spiro atoms. The van der Waals surface area contributed by atoms with Crippen LogP contribution in [-0.4, -0.2) is 41.9 Å². The Hall–Kier alpha value is -1.78. The van der Waals surface area contributed by atoms with E-state index in [0.29, 0.717) is 18.4 Å². The molecule has 0 radical (unpaired) electrons. The van der Waals surface area contributed by atoms with Crippen LogP contribution in [0.3, 0.4) is 0 Å². The van der Waals surface area contributed by atoms with Gasteiger partial charge in [-0.05, 0) is 73.3 Å². The molecule has 4 aliphatic rings. The summed E-state index contributed by atoms with van der Waals surface area (Å²) >= 11 is 5.62. The van der Waals surface area contributed by atoms with Gasteiger partial charge in [-0.3, -0.25) is 4.79 Å². The van der Waals surface area contributed by atoms with Crippen molar-refractivity contribution in [3.63, 3.8) is 0 Å². The Morgan fingerprint density at radius 2 is 1.70 bits per heavy atom. The number of hydrogen-bond donors (Lipinski definition) is 0. The van der Waals surface area contributed by atoms with Crippen molar-refractivity contribution in [2.24, 2.45) is 28.6 Å². The minimum Gasteiger partial charge on any atom is -0.461 e. The highest BCUT2D eigenvalue weighted by atomic mass is 35.5. The maximum absolute atomic E-state index is 13.7. The maximum atomic E-state index is 13.7. The zero-order valence-corrected chi connectivity index (χ0v) is 21.0. The van der Waals surface area contributed by atoms with Crippen LogP contribution in [0.1, 0.15) is 58.8 Å². The lowest BCUT2D eigenvalue weighted by atomic mass is 9.48. The van der Waals surface area contributed by atoms with Crippen LogP contribution >= 0.6 is 11.6 Å². The normalized spacial score (nSPS) is 35.9. The number of esters is 2. The van der Waals surface area contributed by atoms with Crippen LogP contribution < -0.4 is 0 Å². The molecule has 0 N–H and O–H groups in total. The minimum atomic E-state index is -6.62. The molecule has 208 valence electrons. The van der Waals surface area contributed by atoms with Crippen molar-refractivity contribution in [1.82, 2.24) is 0 Å². The molecule has 0 aromatic heterocycles. The van der Waals surface area contributed by atoms with E-state index in [4.69, 9.17) is 16.3 Å². The van der Waals surface area contributed by atoms with Gasteiger partial charge < -0.3 is 9.47 Å². The van der Waals surface area contributed by atoms with E-state index < -0.39 is 35.4 Å². The summed E-state index contributed by atoms with van der Waals surface area (Å²) in [6.07, 6.45) is 0.521. The zero-order chi connectivity index (χ0) is 27.6. The van der Waals surface area contributed by atoms with Crippen molar-refractivity contribution in [1.29, 1.82) is 0 Å². The van der Waals surface area contributed by atoms with Crippen LogP contribution in [-0.2, 0) is 19.1 Å². The highest BCUT2D eigenvalue weighted by molar-refractivity contribution is 6.26. The molecule has 2 saturated carbocycles. The van der Waals surface area contributed by atoms with E-state index >= 15 is 0 Å². The van der Waals surface area contributed by atoms with E-state index in [2.05, 4.69) is 11.7 Å². The third-order valence-electron chi connectivity index (χ3n) is 9.26. The van der Waals surface area contributed by atoms with Crippen molar-refractivity contribution in [3.05, 3.63) is 23.5 Å². The fourth-order valence-electron chi connectivity index (χ4n) is 7.21. The maximum Gasteiger partial charge on any atom is 0.460 e. The van der Waals surface area contributed by atoms with E-state index in [0.717, 1.165) is 25.7 Å². The van der Waals surface area contributed by atoms with Gasteiger partial charge in [0.15, 0.2) is 0 Å². The van der Waals surface area contributed by atoms with Crippen LogP contribution in [0.4, 0.5) is 30.7 Å². The van der Waals surface area contributed by atoms with Crippen molar-refractivity contribution in [2.75, 3.05) is 5.88 Å². The van der Waals surface area contributed by atoms with Crippen LogP contribution in [0.15, 0.2) is 23.5 Å². The van der Waals surface area contributed by atoms with Crippen molar-refractivity contribution < 1.29 is 49.8 Å². The van der Waals surface area contributed by atoms with Gasteiger partial charge in [0.2, 0.25) is 0 Å². The fourth-order valence-corrected chi connectivity index (χ4v) is 7.27. The highest BCUT2D eigenvalue weighted by Gasteiger charge is 2.77. The molecule has 4 aliphatic carbocycles. The van der Waals surface area contributed by atoms with Gasteiger partial charge in [0.25, 0.3) is 0 Å². The summed E-state index contributed by atoms with van der Waals surface area (Å²) in [5, 5.41) is 0. The molecule has 0 aromatic rings. The molecule has 0 heterocycles. The molecule has 2 fully saturated rings. The lowest BCUT2D eigenvalue weighted by Crippen LogP contribution is -2.56. The van der Waals surface area contributed by atoms with Gasteiger partial charge in [0, 0.05) is 11.8 Å². The van der Waals surface area contributed by atoms with Crippen LogP contribution in [0.5, 0.6) is 0 Å². The van der Waals surface area contributed by atoms with Crippen molar-refractivity contribution in [3.8, 4) is 0 Å². The summed E-state index contributed by atoms with van der Waals surface area (Å²) in [7, 11) is 0. The van der Waals surface area contributed by atoms with E-state index in [1.165, 1.54) is 6.08 Å². The summed E-state index contributed by atoms with van der Waals surface area (Å²) in [5.41, 5.74) is 0.0783. The lowest BCUT2D eigenvalue weighted by Gasteiger charge is -2.56. The Labute approximate surface area is 214 Å². The van der Waals surface area contributed by atoms with Crippen molar-refractivity contribution in [2.45, 2.75) is 82.9 Å². The predicted molar refractivity (Wildman–Crippen MR) is 118 cm³/mol. The Bertz CT molecular complexity index is 1020. The molecule has 0 saturated heterocycles. The van der Waals surface area contributed by atoms with Gasteiger partial charge in [-0.2, -0.15) is 30.7 Å². The van der Waals surface area contributed by atoms with Gasteiger partial charge in [0.1, 0.15) is 17.7 Å². The van der Waals surface area contributed by atoms with Crippen LogP contribution in [0, 0.1) is 28.6 Å². The molecule has 0 aliphatic heterocycles. The predicted octanol–water partition coefficient (Wildman–Crippen LogP) is 6.97. The third-order valence-corrected chi connectivity index (χ3v) is 9.48. The van der Waals surface area contributed by atoms with Crippen molar-refractivity contribution >= 4 is 23.5 Å². The zero-order valence-electron chi connectivity index (χ0n) is 20.3. The standard InChI is InChI=1S/C25H28ClF7O4/c1-21-9-7-14(36-20(35)23(27,28)24(29,30)25(31,32)33)11-13(21)3-4-15-16-5-6-18(37-19(34)12-26)22(16,2)10-8-17(15)21/h3,11,15-18H,4-10,12H2,1-2H3/t15-,16-,17-,18-,21-,22-/m0/s1. The molecule has 6 atom stereocenters. The first-order chi connectivity index (χ1) is 17.0. The first-order valence-electron chi connectivity index (χ1n) is 12.2. The van der Waals surface area contributed by atoms with Gasteiger partial charge in [0.05, 0.1) is 0 Å². The van der Waals surface area contributed by atoms with Gasteiger partial charge in [-0.25, -0.2) is 4.79 Å². The van der Waals surface area contributed by atoms with Crippen LogP contribution in [0.2, 0.25) is 0 Å². The third kappa shape index (κ3) is 4.36. The number of halogens is 8. The number of ether oxygens (including phenoxy) is 2. The Balaban J connectivity index is 1.53. The second-order valence-corrected chi connectivity index (χ2v) is 11.3. The Morgan fingerprint density at radius 1 is 1.03 bits per heavy atom. The van der Waals surface area contributed by atoms with Gasteiger partial charge >= 0.3 is 30.0 Å². The molecule has 37 heavy (non-hydrogen) atoms. The summed E-state index contributed by atoms with van der Waals surface area (Å²) in [6.45, 7) is 4.14. The first-order valence-corrected chi connectivity index (χ1v) is 12.7. The summed E-state index contributed by atoms with van der Waals surface area (Å²) < 4.78 is 101. The topological polar surface area (TPSA) is 52.6 Å². The van der Waals surface area contributed by atoms with E-state index in [-0.39, 0.29) is 47.3 Å². The molecule has 0 bridgehead atoms. The van der Waals surface area contributed by atoms with E-state index in [1.807, 2.05) is 13.0 Å². The highest BCUT2D eigenvalue weighted by Crippen LogP contribution is 2.65. The number of alkyl halides is 8. The summed E-state index contributed by atoms with van der Waals surface area (Å²) in [4.78, 5) is 23.6. The first kappa shape index (κ1) is 28.2. The average molecular weight is 561 g/mol. The monoisotopic (exact) mass is 560 g/mol.